The minimum atomic E-state index is -0.662. The second-order valence-corrected chi connectivity index (χ2v) is 11.6. The lowest BCUT2D eigenvalue weighted by Gasteiger charge is -2.17. The third-order valence-corrected chi connectivity index (χ3v) is 8.20. The number of nitrogens with zero attached hydrogens (tertiary/aromatic N) is 7. The zero-order chi connectivity index (χ0) is 31.3. The summed E-state index contributed by atoms with van der Waals surface area (Å²) in [4.78, 5) is 37.7. The zero-order valence-electron chi connectivity index (χ0n) is 23.6. The van der Waals surface area contributed by atoms with Gasteiger partial charge in [0.2, 0.25) is 11.1 Å². The molecule has 3 heterocycles. The smallest absolute Gasteiger partial charge is 0.411 e. The summed E-state index contributed by atoms with van der Waals surface area (Å²) in [7, 11) is 1.27. The molecule has 6 rings (SSSR count). The molecule has 16 heteroatoms. The second kappa shape index (κ2) is 13.1. The molecular formula is C29H24ClN10O4S+. The van der Waals surface area contributed by atoms with Crippen molar-refractivity contribution in [1.82, 2.24) is 25.7 Å². The van der Waals surface area contributed by atoms with Crippen LogP contribution < -0.4 is 16.2 Å². The van der Waals surface area contributed by atoms with Crippen molar-refractivity contribution in [3.05, 3.63) is 91.3 Å². The first kappa shape index (κ1) is 29.7. The molecule has 2 aromatic heterocycles. The predicted molar refractivity (Wildman–Crippen MR) is 165 cm³/mol. The molecule has 1 atom stereocenters. The van der Waals surface area contributed by atoms with Crippen LogP contribution in [0.3, 0.4) is 0 Å². The van der Waals surface area contributed by atoms with E-state index in [1.807, 2.05) is 0 Å². The molecule has 0 saturated heterocycles. The van der Waals surface area contributed by atoms with E-state index in [1.54, 1.807) is 54.6 Å². The highest BCUT2D eigenvalue weighted by molar-refractivity contribution is 7.11. The van der Waals surface area contributed by atoms with Crippen molar-refractivity contribution in [2.24, 2.45) is 15.5 Å². The first-order chi connectivity index (χ1) is 21.9. The van der Waals surface area contributed by atoms with Crippen LogP contribution in [-0.4, -0.2) is 50.2 Å². The average molecular weight is 644 g/mol. The number of anilines is 1. The Kier molecular flexibility index (Phi) is 8.64. The van der Waals surface area contributed by atoms with Crippen LogP contribution >= 0.6 is 22.9 Å². The standard InChI is InChI=1S/C29H23ClN10O4S/c1-44-29(43)32-20-8-4-16(5-9-20)21-13-23(34-36-27(21)42)22(14-26-35-37-28(45-26)17-2-3-17)33-25(41)11-6-18-12-19(30)7-10-24(18)40-15-31-38-39-40/h4-13,17,22H,2-3,14H2,1H3,(H2-,32,33,34,36,38,39,41,42,43)/p+1/b11-6+. The van der Waals surface area contributed by atoms with Gasteiger partial charge >= 0.3 is 12.1 Å². The van der Waals surface area contributed by atoms with Crippen LogP contribution in [0.5, 0.6) is 0 Å². The first-order valence-corrected chi connectivity index (χ1v) is 14.9. The number of nitrogens with one attached hydrogen (secondary N) is 3. The molecule has 1 unspecified atom stereocenters. The molecule has 1 fully saturated rings. The Morgan fingerprint density at radius 2 is 2.02 bits per heavy atom. The number of benzene rings is 2. The Morgan fingerprint density at radius 1 is 1.20 bits per heavy atom. The Balaban J connectivity index is 1.28. The van der Waals surface area contributed by atoms with Crippen LogP contribution in [0.4, 0.5) is 16.2 Å². The molecule has 4 aromatic rings. The Labute approximate surface area is 264 Å². The third kappa shape index (κ3) is 7.24. The average Bonchev–Trinajstić information content (AvgIpc) is 3.54. The van der Waals surface area contributed by atoms with Gasteiger partial charge in [0, 0.05) is 34.7 Å². The molecule has 14 nitrogen and oxygen atoms in total. The van der Waals surface area contributed by atoms with Gasteiger partial charge < -0.3 is 10.1 Å². The highest BCUT2D eigenvalue weighted by atomic mass is 35.5. The summed E-state index contributed by atoms with van der Waals surface area (Å²) >= 11 is 7.72. The van der Waals surface area contributed by atoms with Gasteiger partial charge in [0.15, 0.2) is 5.10 Å². The van der Waals surface area contributed by atoms with Crippen LogP contribution in [0.25, 0.3) is 17.2 Å². The molecule has 0 spiro atoms. The van der Waals surface area contributed by atoms with E-state index in [9.17, 15) is 14.4 Å². The molecule has 45 heavy (non-hydrogen) atoms. The van der Waals surface area contributed by atoms with E-state index in [1.165, 1.54) is 29.2 Å². The van der Waals surface area contributed by atoms with Crippen molar-refractivity contribution in [3.8, 4) is 11.1 Å². The van der Waals surface area contributed by atoms with Gasteiger partial charge in [0.1, 0.15) is 20.9 Å². The Morgan fingerprint density at radius 3 is 2.76 bits per heavy atom. The summed E-state index contributed by atoms with van der Waals surface area (Å²) in [5, 5.41) is 34.3. The van der Waals surface area contributed by atoms with E-state index in [4.69, 9.17) is 11.6 Å². The highest BCUT2D eigenvalue weighted by Crippen LogP contribution is 2.41. The molecule has 1 aliphatic carbocycles. The number of carbonyl (C=O) groups is 2. The maximum atomic E-state index is 13.3. The molecule has 2 aliphatic rings. The summed E-state index contributed by atoms with van der Waals surface area (Å²) in [6, 6.07) is 15.3. The van der Waals surface area contributed by atoms with Crippen molar-refractivity contribution >= 4 is 58.4 Å². The Hall–Kier alpha value is -5.37. The fraction of sp³-hybridized carbons (Fsp3) is 0.207. The molecule has 1 saturated carbocycles. The number of amides is 2. The lowest BCUT2D eigenvalue weighted by Crippen LogP contribution is -2.30. The van der Waals surface area contributed by atoms with Crippen LogP contribution in [0, 0.1) is 0 Å². The Bertz CT molecular complexity index is 1960. The van der Waals surface area contributed by atoms with E-state index in [-0.39, 0.29) is 0 Å². The van der Waals surface area contributed by atoms with E-state index in [0.29, 0.717) is 51.1 Å². The van der Waals surface area contributed by atoms with Crippen molar-refractivity contribution in [1.29, 1.82) is 0 Å². The number of carbonyl (C=O) groups excluding carboxylic acids is 2. The number of ether oxygens (including phenoxy) is 1. The van der Waals surface area contributed by atoms with Gasteiger partial charge in [-0.1, -0.05) is 28.4 Å². The van der Waals surface area contributed by atoms with E-state index in [0.717, 1.165) is 22.9 Å². The number of aromatic nitrogens is 4. The summed E-state index contributed by atoms with van der Waals surface area (Å²) < 4.78 is 5.96. The van der Waals surface area contributed by atoms with Crippen LogP contribution in [0.2, 0.25) is 5.02 Å². The molecule has 1 aliphatic heterocycles. The quantitative estimate of drug-likeness (QED) is 0.156. The van der Waals surface area contributed by atoms with E-state index in [2.05, 4.69) is 57.3 Å². The minimum Gasteiger partial charge on any atom is -0.453 e. The fourth-order valence-electron chi connectivity index (χ4n) is 4.45. The van der Waals surface area contributed by atoms with E-state index >= 15 is 0 Å². The fourth-order valence-corrected chi connectivity index (χ4v) is 5.68. The monoisotopic (exact) mass is 643 g/mol. The van der Waals surface area contributed by atoms with Crippen LogP contribution in [-0.2, 0) is 16.0 Å². The number of aromatic amines is 1. The second-order valence-electron chi connectivity index (χ2n) is 10.0. The summed E-state index contributed by atoms with van der Waals surface area (Å²) in [5.74, 6) is 0.0114. The van der Waals surface area contributed by atoms with Gasteiger partial charge in [-0.3, -0.25) is 14.9 Å². The van der Waals surface area contributed by atoms with Crippen LogP contribution in [0.1, 0.15) is 46.1 Å². The lowest BCUT2D eigenvalue weighted by atomic mass is 10.0. The van der Waals surface area contributed by atoms with Gasteiger partial charge in [-0.15, -0.1) is 21.5 Å². The molecule has 226 valence electrons. The number of rotatable bonds is 10. The maximum absolute atomic E-state index is 13.3. The largest absolute Gasteiger partial charge is 0.453 e. The number of hydrogen-bond acceptors (Lipinski definition) is 11. The van der Waals surface area contributed by atoms with Crippen LogP contribution in [0.15, 0.2) is 74.9 Å². The summed E-state index contributed by atoms with van der Waals surface area (Å²) in [6.45, 7) is 0. The summed E-state index contributed by atoms with van der Waals surface area (Å²) in [6.07, 6.45) is 4.82. The van der Waals surface area contributed by atoms with Gasteiger partial charge in [-0.25, -0.2) is 9.89 Å². The SMILES string of the molecule is COC(=O)Nc1ccc(-c2cc(C(Cc3nnc(C4CC4)s3)NC(=O)/C=C/c3cc(Cl)ccc3[N+]3=C=NN=N3)n[nH]c2=O)cc1. The molecule has 0 radical (unpaired) electrons. The molecular weight excluding hydrogens is 620 g/mol. The number of halogens is 1. The molecule has 2 aromatic carbocycles. The van der Waals surface area contributed by atoms with Gasteiger partial charge in [0.25, 0.3) is 5.56 Å². The highest BCUT2D eigenvalue weighted by Gasteiger charge is 2.28. The molecule has 3 N–H and O–H groups in total. The van der Waals surface area contributed by atoms with Gasteiger partial charge in [0.05, 0.1) is 24.4 Å². The number of methoxy groups -OCH3 is 1. The summed E-state index contributed by atoms with van der Waals surface area (Å²) in [5.41, 5.74) is 2.57. The van der Waals surface area contributed by atoms with Crippen molar-refractivity contribution < 1.29 is 19.0 Å². The normalized spacial score (nSPS) is 14.4. The van der Waals surface area contributed by atoms with Gasteiger partial charge in [-0.2, -0.15) is 5.10 Å². The van der Waals surface area contributed by atoms with Crippen molar-refractivity contribution in [2.45, 2.75) is 31.2 Å². The van der Waals surface area contributed by atoms with Crippen molar-refractivity contribution in [2.75, 3.05) is 12.4 Å². The first-order valence-electron chi connectivity index (χ1n) is 13.7. The predicted octanol–water partition coefficient (Wildman–Crippen LogP) is 5.22. The maximum Gasteiger partial charge on any atom is 0.411 e. The zero-order valence-corrected chi connectivity index (χ0v) is 25.2. The topological polar surface area (TPSA) is 179 Å². The number of hydrogen-bond donors (Lipinski definition) is 3. The minimum absolute atomic E-state index is 0.298. The number of H-pyrrole nitrogens is 1. The van der Waals surface area contributed by atoms with E-state index < -0.39 is 23.6 Å². The molecule has 0 bridgehead atoms. The lowest BCUT2D eigenvalue weighted by molar-refractivity contribution is -0.443. The van der Waals surface area contributed by atoms with Gasteiger partial charge in [-0.05, 0) is 60.9 Å². The third-order valence-electron chi connectivity index (χ3n) is 6.86. The molecule has 2 amide bonds. The van der Waals surface area contributed by atoms with Crippen molar-refractivity contribution in [3.63, 3.8) is 0 Å².